The van der Waals surface area contributed by atoms with Crippen LogP contribution in [0.15, 0.2) is 54.9 Å². The third-order valence-corrected chi connectivity index (χ3v) is 4.08. The van der Waals surface area contributed by atoms with E-state index in [9.17, 15) is 4.79 Å². The zero-order valence-electron chi connectivity index (χ0n) is 15.9. The Hall–Kier alpha value is -3.55. The first-order valence-electron chi connectivity index (χ1n) is 8.87. The standard InChI is InChI=1S/C20H23N5O3/c1-27-17-7-6-15(13-18(17)28-2)8-11-22-20(26)23-19-9-12-25(24-19)14-16-5-3-4-10-21-16/h3-7,9-10,12-13H,8,11,14H2,1-2H3,(H2,22,23,24,26). The third kappa shape index (κ3) is 5.23. The molecule has 1 aromatic carbocycles. The lowest BCUT2D eigenvalue weighted by molar-refractivity contribution is 0.252. The smallest absolute Gasteiger partial charge is 0.320 e. The minimum atomic E-state index is -0.302. The molecule has 0 unspecified atom stereocenters. The summed E-state index contributed by atoms with van der Waals surface area (Å²) in [7, 11) is 3.20. The molecule has 8 nitrogen and oxygen atoms in total. The monoisotopic (exact) mass is 381 g/mol. The summed E-state index contributed by atoms with van der Waals surface area (Å²) in [6.07, 6.45) is 4.21. The van der Waals surface area contributed by atoms with E-state index in [0.717, 1.165) is 11.3 Å². The number of hydrogen-bond donors (Lipinski definition) is 2. The fraction of sp³-hybridized carbons (Fsp3) is 0.250. The van der Waals surface area contributed by atoms with E-state index in [0.29, 0.717) is 36.8 Å². The van der Waals surface area contributed by atoms with Crippen molar-refractivity contribution in [3.63, 3.8) is 0 Å². The Kier molecular flexibility index (Phi) is 6.46. The molecule has 3 aromatic rings. The molecule has 0 saturated heterocycles. The Morgan fingerprint density at radius 3 is 2.71 bits per heavy atom. The molecule has 0 spiro atoms. The van der Waals surface area contributed by atoms with Crippen molar-refractivity contribution in [3.8, 4) is 11.5 Å². The van der Waals surface area contributed by atoms with Gasteiger partial charge in [0.2, 0.25) is 0 Å². The van der Waals surface area contributed by atoms with Gasteiger partial charge in [-0.2, -0.15) is 5.10 Å². The van der Waals surface area contributed by atoms with Crippen molar-refractivity contribution >= 4 is 11.8 Å². The van der Waals surface area contributed by atoms with Gasteiger partial charge in [0.25, 0.3) is 0 Å². The molecule has 0 atom stereocenters. The molecule has 8 heteroatoms. The number of aromatic nitrogens is 3. The maximum atomic E-state index is 12.1. The molecular weight excluding hydrogens is 358 g/mol. The summed E-state index contributed by atoms with van der Waals surface area (Å²) in [4.78, 5) is 16.3. The molecule has 2 heterocycles. The minimum absolute atomic E-state index is 0.302. The van der Waals surface area contributed by atoms with Crippen molar-refractivity contribution in [2.24, 2.45) is 0 Å². The predicted octanol–water partition coefficient (Wildman–Crippen LogP) is 2.71. The second-order valence-corrected chi connectivity index (χ2v) is 6.04. The van der Waals surface area contributed by atoms with E-state index in [1.54, 1.807) is 37.4 Å². The number of carbonyl (C=O) groups excluding carboxylic acids is 1. The van der Waals surface area contributed by atoms with Crippen molar-refractivity contribution in [1.29, 1.82) is 0 Å². The highest BCUT2D eigenvalue weighted by atomic mass is 16.5. The van der Waals surface area contributed by atoms with Gasteiger partial charge in [-0.25, -0.2) is 4.79 Å². The molecular formula is C20H23N5O3. The van der Waals surface area contributed by atoms with E-state index in [1.165, 1.54) is 0 Å². The molecule has 0 saturated carbocycles. The van der Waals surface area contributed by atoms with Crippen LogP contribution >= 0.6 is 0 Å². The Morgan fingerprint density at radius 2 is 1.96 bits per heavy atom. The lowest BCUT2D eigenvalue weighted by Crippen LogP contribution is -2.30. The Morgan fingerprint density at radius 1 is 1.11 bits per heavy atom. The zero-order chi connectivity index (χ0) is 19.8. The van der Waals surface area contributed by atoms with Crippen LogP contribution in [0.25, 0.3) is 0 Å². The van der Waals surface area contributed by atoms with Crippen LogP contribution in [-0.4, -0.2) is 41.6 Å². The van der Waals surface area contributed by atoms with Crippen LogP contribution in [-0.2, 0) is 13.0 Å². The quantitative estimate of drug-likeness (QED) is 0.626. The van der Waals surface area contributed by atoms with Gasteiger partial charge in [0.05, 0.1) is 26.5 Å². The van der Waals surface area contributed by atoms with E-state index in [-0.39, 0.29) is 6.03 Å². The maximum Gasteiger partial charge on any atom is 0.320 e. The number of nitrogens with one attached hydrogen (secondary N) is 2. The second-order valence-electron chi connectivity index (χ2n) is 6.04. The van der Waals surface area contributed by atoms with Crippen LogP contribution in [0.3, 0.4) is 0 Å². The maximum absolute atomic E-state index is 12.1. The number of ether oxygens (including phenoxy) is 2. The van der Waals surface area contributed by atoms with Gasteiger partial charge in [-0.15, -0.1) is 0 Å². The van der Waals surface area contributed by atoms with Gasteiger partial charge in [-0.3, -0.25) is 15.0 Å². The van der Waals surface area contributed by atoms with Crippen molar-refractivity contribution < 1.29 is 14.3 Å². The Bertz CT molecular complexity index is 911. The number of hydrogen-bond acceptors (Lipinski definition) is 5. The normalized spacial score (nSPS) is 10.4. The van der Waals surface area contributed by atoms with Crippen LogP contribution < -0.4 is 20.1 Å². The van der Waals surface area contributed by atoms with Crippen LogP contribution in [0, 0.1) is 0 Å². The SMILES string of the molecule is COc1ccc(CCNC(=O)Nc2ccn(Cc3ccccn3)n2)cc1OC. The van der Waals surface area contributed by atoms with Crippen LogP contribution in [0.4, 0.5) is 10.6 Å². The van der Waals surface area contributed by atoms with Gasteiger partial charge in [-0.1, -0.05) is 12.1 Å². The minimum Gasteiger partial charge on any atom is -0.493 e. The summed E-state index contributed by atoms with van der Waals surface area (Å²) in [6.45, 7) is 1.03. The van der Waals surface area contributed by atoms with Gasteiger partial charge in [0.1, 0.15) is 0 Å². The molecule has 2 N–H and O–H groups in total. The molecule has 0 aliphatic carbocycles. The van der Waals surface area contributed by atoms with Gasteiger partial charge in [0.15, 0.2) is 17.3 Å². The van der Waals surface area contributed by atoms with Gasteiger partial charge in [-0.05, 0) is 36.2 Å². The van der Waals surface area contributed by atoms with Gasteiger partial charge >= 0.3 is 6.03 Å². The average Bonchev–Trinajstić information content (AvgIpc) is 3.15. The third-order valence-electron chi connectivity index (χ3n) is 4.08. The number of rotatable bonds is 8. The zero-order valence-corrected chi connectivity index (χ0v) is 15.9. The molecule has 0 radical (unpaired) electrons. The molecule has 3 rings (SSSR count). The summed E-state index contributed by atoms with van der Waals surface area (Å²) in [5, 5.41) is 9.88. The van der Waals surface area contributed by atoms with Crippen LogP contribution in [0.1, 0.15) is 11.3 Å². The first-order chi connectivity index (χ1) is 13.7. The fourth-order valence-corrected chi connectivity index (χ4v) is 2.69. The van der Waals surface area contributed by atoms with Crippen LogP contribution in [0.2, 0.25) is 0 Å². The van der Waals surface area contributed by atoms with Gasteiger partial charge < -0.3 is 14.8 Å². The fourth-order valence-electron chi connectivity index (χ4n) is 2.69. The first-order valence-corrected chi connectivity index (χ1v) is 8.87. The molecule has 0 aliphatic heterocycles. The first kappa shape index (κ1) is 19.2. The molecule has 0 aliphatic rings. The summed E-state index contributed by atoms with van der Waals surface area (Å²) in [5.41, 5.74) is 1.94. The largest absolute Gasteiger partial charge is 0.493 e. The number of benzene rings is 1. The lowest BCUT2D eigenvalue weighted by Gasteiger charge is -2.10. The van der Waals surface area contributed by atoms with Crippen molar-refractivity contribution in [3.05, 3.63) is 66.1 Å². The number of amides is 2. The van der Waals surface area contributed by atoms with Crippen molar-refractivity contribution in [1.82, 2.24) is 20.1 Å². The molecule has 0 fully saturated rings. The number of pyridine rings is 1. The average molecular weight is 381 g/mol. The number of methoxy groups -OCH3 is 2. The molecule has 146 valence electrons. The summed E-state index contributed by atoms with van der Waals surface area (Å²) in [5.74, 6) is 1.83. The number of nitrogens with zero attached hydrogens (tertiary/aromatic N) is 3. The van der Waals surface area contributed by atoms with E-state index < -0.39 is 0 Å². The number of urea groups is 1. The molecule has 2 amide bonds. The predicted molar refractivity (Wildman–Crippen MR) is 106 cm³/mol. The van der Waals surface area contributed by atoms with E-state index >= 15 is 0 Å². The number of anilines is 1. The van der Waals surface area contributed by atoms with Crippen molar-refractivity contribution in [2.75, 3.05) is 26.1 Å². The van der Waals surface area contributed by atoms with E-state index in [1.807, 2.05) is 36.4 Å². The second kappa shape index (κ2) is 9.40. The van der Waals surface area contributed by atoms with Gasteiger partial charge in [0, 0.05) is 25.0 Å². The Labute approximate surface area is 163 Å². The number of carbonyl (C=O) groups is 1. The van der Waals surface area contributed by atoms with Crippen LogP contribution in [0.5, 0.6) is 11.5 Å². The topological polar surface area (TPSA) is 90.3 Å². The highest BCUT2D eigenvalue weighted by Crippen LogP contribution is 2.27. The van der Waals surface area contributed by atoms with E-state index in [4.69, 9.17) is 9.47 Å². The lowest BCUT2D eigenvalue weighted by atomic mass is 10.1. The summed E-state index contributed by atoms with van der Waals surface area (Å²) in [6, 6.07) is 12.9. The Balaban J connectivity index is 1.46. The van der Waals surface area contributed by atoms with E-state index in [2.05, 4.69) is 20.7 Å². The summed E-state index contributed by atoms with van der Waals surface area (Å²) < 4.78 is 12.2. The highest BCUT2D eigenvalue weighted by molar-refractivity contribution is 5.88. The highest BCUT2D eigenvalue weighted by Gasteiger charge is 2.07. The van der Waals surface area contributed by atoms with Crippen molar-refractivity contribution in [2.45, 2.75) is 13.0 Å². The molecule has 28 heavy (non-hydrogen) atoms. The molecule has 0 bridgehead atoms. The molecule has 2 aromatic heterocycles. The summed E-state index contributed by atoms with van der Waals surface area (Å²) >= 11 is 0.